The van der Waals surface area contributed by atoms with E-state index in [9.17, 15) is 13.6 Å². The molecule has 0 fully saturated rings. The summed E-state index contributed by atoms with van der Waals surface area (Å²) in [7, 11) is 1.72. The van der Waals surface area contributed by atoms with Gasteiger partial charge in [0.1, 0.15) is 23.5 Å². The predicted molar refractivity (Wildman–Crippen MR) is 71.1 cm³/mol. The summed E-state index contributed by atoms with van der Waals surface area (Å²) in [5, 5.41) is 6.46. The highest BCUT2D eigenvalue weighted by atomic mass is 79.9. The molecule has 106 valence electrons. The molecule has 1 aromatic heterocycles. The molecule has 2 rings (SSSR count). The fourth-order valence-electron chi connectivity index (χ4n) is 1.63. The van der Waals surface area contributed by atoms with Crippen molar-refractivity contribution in [3.05, 3.63) is 46.0 Å². The summed E-state index contributed by atoms with van der Waals surface area (Å²) in [4.78, 5) is 15.7. The summed E-state index contributed by atoms with van der Waals surface area (Å²) in [6.45, 7) is 0.192. The molecule has 1 aromatic carbocycles. The first-order chi connectivity index (χ1) is 9.47. The molecule has 8 heteroatoms. The lowest BCUT2D eigenvalue weighted by molar-refractivity contribution is 0.0945. The Labute approximate surface area is 122 Å². The number of hydrogen-bond donors (Lipinski definition) is 1. The van der Waals surface area contributed by atoms with Gasteiger partial charge < -0.3 is 5.32 Å². The molecular formula is C12H11BrF2N4O. The molecule has 0 saturated carbocycles. The van der Waals surface area contributed by atoms with Crippen molar-refractivity contribution >= 4 is 21.8 Å². The van der Waals surface area contributed by atoms with Crippen LogP contribution in [-0.2, 0) is 13.5 Å². The average molecular weight is 345 g/mol. The van der Waals surface area contributed by atoms with Gasteiger partial charge in [-0.1, -0.05) is 15.9 Å². The molecule has 1 N–H and O–H groups in total. The molecule has 2 aromatic rings. The van der Waals surface area contributed by atoms with Crippen LogP contribution < -0.4 is 5.32 Å². The van der Waals surface area contributed by atoms with Gasteiger partial charge in [-0.3, -0.25) is 9.48 Å². The Bertz CT molecular complexity index is 621. The van der Waals surface area contributed by atoms with Crippen molar-refractivity contribution in [2.75, 3.05) is 6.54 Å². The van der Waals surface area contributed by atoms with Crippen molar-refractivity contribution in [1.29, 1.82) is 0 Å². The Morgan fingerprint density at radius 2 is 2.05 bits per heavy atom. The summed E-state index contributed by atoms with van der Waals surface area (Å²) in [6, 6.07) is 2.08. The lowest BCUT2D eigenvalue weighted by Crippen LogP contribution is -2.27. The Morgan fingerprint density at radius 3 is 2.60 bits per heavy atom. The quantitative estimate of drug-likeness (QED) is 0.920. The minimum Gasteiger partial charge on any atom is -0.351 e. The van der Waals surface area contributed by atoms with Crippen LogP contribution in [0.1, 0.15) is 16.2 Å². The molecule has 0 atom stereocenters. The maximum atomic E-state index is 13.6. The number of aromatic nitrogens is 3. The summed E-state index contributed by atoms with van der Waals surface area (Å²) in [5.74, 6) is -2.08. The largest absolute Gasteiger partial charge is 0.351 e. The maximum Gasteiger partial charge on any atom is 0.257 e. The van der Waals surface area contributed by atoms with E-state index in [1.54, 1.807) is 7.05 Å². The molecule has 0 aliphatic heterocycles. The van der Waals surface area contributed by atoms with Crippen molar-refractivity contribution in [3.8, 4) is 0 Å². The van der Waals surface area contributed by atoms with Gasteiger partial charge in [-0.25, -0.2) is 13.8 Å². The number of aryl methyl sites for hydroxylation is 1. The second-order valence-corrected chi connectivity index (χ2v) is 5.00. The molecule has 0 bridgehead atoms. The third kappa shape index (κ3) is 3.38. The lowest BCUT2D eigenvalue weighted by Gasteiger charge is -2.06. The van der Waals surface area contributed by atoms with E-state index in [1.165, 1.54) is 11.0 Å². The van der Waals surface area contributed by atoms with Crippen LogP contribution in [0.5, 0.6) is 0 Å². The minimum absolute atomic E-state index is 0.192. The number of carbonyl (C=O) groups is 1. The van der Waals surface area contributed by atoms with Crippen LogP contribution in [0.15, 0.2) is 22.9 Å². The standard InChI is InChI=1S/C12H11BrF2N4O/c1-19-6-17-10(18-19)2-3-16-12(20)11-8(14)4-7(13)5-9(11)15/h4-6H,2-3H2,1H3,(H,16,20). The second-order valence-electron chi connectivity index (χ2n) is 4.08. The molecule has 0 spiro atoms. The normalized spacial score (nSPS) is 10.6. The van der Waals surface area contributed by atoms with Crippen molar-refractivity contribution in [2.45, 2.75) is 6.42 Å². The Morgan fingerprint density at radius 1 is 1.40 bits per heavy atom. The molecule has 0 radical (unpaired) electrons. The molecule has 5 nitrogen and oxygen atoms in total. The zero-order valence-corrected chi connectivity index (χ0v) is 12.1. The molecule has 1 heterocycles. The number of benzene rings is 1. The number of hydrogen-bond acceptors (Lipinski definition) is 3. The van der Waals surface area contributed by atoms with E-state index < -0.39 is 23.1 Å². The van der Waals surface area contributed by atoms with Crippen LogP contribution >= 0.6 is 15.9 Å². The van der Waals surface area contributed by atoms with Gasteiger partial charge in [0.25, 0.3) is 5.91 Å². The van der Waals surface area contributed by atoms with E-state index in [1.807, 2.05) is 0 Å². The highest BCUT2D eigenvalue weighted by Gasteiger charge is 2.18. The second kappa shape index (κ2) is 6.08. The first-order valence-electron chi connectivity index (χ1n) is 5.74. The number of nitrogens with zero attached hydrogens (tertiary/aromatic N) is 3. The van der Waals surface area contributed by atoms with Gasteiger partial charge in [0.15, 0.2) is 5.82 Å². The monoisotopic (exact) mass is 344 g/mol. The van der Waals surface area contributed by atoms with Crippen molar-refractivity contribution < 1.29 is 13.6 Å². The molecule has 0 aliphatic rings. The number of halogens is 3. The SMILES string of the molecule is Cn1cnc(CCNC(=O)c2c(F)cc(Br)cc2F)n1. The van der Waals surface area contributed by atoms with Gasteiger partial charge in [-0.2, -0.15) is 5.10 Å². The van der Waals surface area contributed by atoms with Crippen LogP contribution in [0, 0.1) is 11.6 Å². The molecular weight excluding hydrogens is 334 g/mol. The van der Waals surface area contributed by atoms with Crippen LogP contribution in [0.25, 0.3) is 0 Å². The van der Waals surface area contributed by atoms with E-state index in [2.05, 4.69) is 31.3 Å². The number of carbonyl (C=O) groups excluding carboxylic acids is 1. The zero-order chi connectivity index (χ0) is 14.7. The highest BCUT2D eigenvalue weighted by Crippen LogP contribution is 2.19. The van der Waals surface area contributed by atoms with Gasteiger partial charge in [0.05, 0.1) is 0 Å². The summed E-state index contributed by atoms with van der Waals surface area (Å²) >= 11 is 2.95. The van der Waals surface area contributed by atoms with Gasteiger partial charge in [0.2, 0.25) is 0 Å². The number of nitrogens with one attached hydrogen (secondary N) is 1. The summed E-state index contributed by atoms with van der Waals surface area (Å²) < 4.78 is 28.9. The maximum absolute atomic E-state index is 13.6. The molecule has 20 heavy (non-hydrogen) atoms. The van der Waals surface area contributed by atoms with Crippen molar-refractivity contribution in [1.82, 2.24) is 20.1 Å². The van der Waals surface area contributed by atoms with Crippen LogP contribution in [-0.4, -0.2) is 27.2 Å². The topological polar surface area (TPSA) is 59.8 Å². The fourth-order valence-corrected chi connectivity index (χ4v) is 2.04. The highest BCUT2D eigenvalue weighted by molar-refractivity contribution is 9.10. The van der Waals surface area contributed by atoms with Crippen LogP contribution in [0.2, 0.25) is 0 Å². The van der Waals surface area contributed by atoms with Crippen molar-refractivity contribution in [2.24, 2.45) is 7.05 Å². The van der Waals surface area contributed by atoms with Crippen molar-refractivity contribution in [3.63, 3.8) is 0 Å². The van der Waals surface area contributed by atoms with E-state index in [0.29, 0.717) is 12.2 Å². The van der Waals surface area contributed by atoms with E-state index in [0.717, 1.165) is 12.1 Å². The zero-order valence-electron chi connectivity index (χ0n) is 10.5. The molecule has 0 unspecified atom stereocenters. The number of rotatable bonds is 4. The third-order valence-corrected chi connectivity index (χ3v) is 2.97. The van der Waals surface area contributed by atoms with Gasteiger partial charge >= 0.3 is 0 Å². The predicted octanol–water partition coefficient (Wildman–Crippen LogP) is 1.83. The third-order valence-electron chi connectivity index (χ3n) is 2.52. The van der Waals surface area contributed by atoms with E-state index in [-0.39, 0.29) is 11.0 Å². The van der Waals surface area contributed by atoms with Gasteiger partial charge in [0, 0.05) is 24.5 Å². The first-order valence-corrected chi connectivity index (χ1v) is 6.54. The van der Waals surface area contributed by atoms with Gasteiger partial charge in [-0.15, -0.1) is 0 Å². The van der Waals surface area contributed by atoms with Gasteiger partial charge in [-0.05, 0) is 12.1 Å². The molecule has 1 amide bonds. The smallest absolute Gasteiger partial charge is 0.257 e. The molecule has 0 aliphatic carbocycles. The first kappa shape index (κ1) is 14.6. The fraction of sp³-hybridized carbons (Fsp3) is 0.250. The van der Waals surface area contributed by atoms with Crippen LogP contribution in [0.3, 0.4) is 0 Å². The van der Waals surface area contributed by atoms with E-state index >= 15 is 0 Å². The summed E-state index contributed by atoms with van der Waals surface area (Å²) in [5.41, 5.74) is -0.595. The van der Waals surface area contributed by atoms with E-state index in [4.69, 9.17) is 0 Å². The Hall–Kier alpha value is -1.83. The lowest BCUT2D eigenvalue weighted by atomic mass is 10.2. The average Bonchev–Trinajstić information content (AvgIpc) is 2.73. The minimum atomic E-state index is -0.912. The number of amides is 1. The Balaban J connectivity index is 1.98. The Kier molecular flexibility index (Phi) is 4.43. The van der Waals surface area contributed by atoms with Crippen LogP contribution in [0.4, 0.5) is 8.78 Å². The summed E-state index contributed by atoms with van der Waals surface area (Å²) in [6.07, 6.45) is 1.91. The molecule has 0 saturated heterocycles.